The summed E-state index contributed by atoms with van der Waals surface area (Å²) in [7, 11) is 0. The molecule has 0 saturated heterocycles. The molecule has 6 heteroatoms. The Kier molecular flexibility index (Phi) is 5.14. The van der Waals surface area contributed by atoms with Crippen molar-refractivity contribution in [1.82, 2.24) is 4.90 Å². The number of hydrogen-bond acceptors (Lipinski definition) is 5. The maximum Gasteiger partial charge on any atom is 0.329 e. The lowest BCUT2D eigenvalue weighted by molar-refractivity contribution is -0.146. The third kappa shape index (κ3) is 3.33. The predicted molar refractivity (Wildman–Crippen MR) is 102 cm³/mol. The number of carbonyl (C=O) groups excluding carboxylic acids is 4. The molecule has 28 heavy (non-hydrogen) atoms. The summed E-state index contributed by atoms with van der Waals surface area (Å²) in [6, 6.07) is 9.05. The van der Waals surface area contributed by atoms with Crippen LogP contribution in [-0.4, -0.2) is 41.1 Å². The van der Waals surface area contributed by atoms with E-state index in [1.54, 1.807) is 24.3 Å². The van der Waals surface area contributed by atoms with E-state index in [0.717, 1.165) is 21.6 Å². The lowest BCUT2D eigenvalue weighted by Gasteiger charge is -2.21. The van der Waals surface area contributed by atoms with Gasteiger partial charge in [-0.2, -0.15) is 0 Å². The molecule has 0 saturated carbocycles. The summed E-state index contributed by atoms with van der Waals surface area (Å²) >= 11 is 0. The highest BCUT2D eigenvalue weighted by Gasteiger charge is 2.41. The van der Waals surface area contributed by atoms with E-state index >= 15 is 0 Å². The van der Waals surface area contributed by atoms with E-state index in [0.29, 0.717) is 5.56 Å². The molecule has 0 radical (unpaired) electrons. The van der Waals surface area contributed by atoms with Crippen molar-refractivity contribution in [3.8, 4) is 0 Å². The van der Waals surface area contributed by atoms with Gasteiger partial charge in [-0.15, -0.1) is 0 Å². The van der Waals surface area contributed by atoms with Crippen LogP contribution < -0.4 is 0 Å². The number of rotatable bonds is 5. The van der Waals surface area contributed by atoms with Crippen molar-refractivity contribution in [2.45, 2.75) is 33.7 Å². The Morgan fingerprint density at radius 2 is 1.46 bits per heavy atom. The number of esters is 1. The molecule has 1 aliphatic rings. The number of hydrogen-bond donors (Lipinski definition) is 0. The quantitative estimate of drug-likeness (QED) is 0.453. The van der Waals surface area contributed by atoms with E-state index in [2.05, 4.69) is 0 Å². The molecule has 1 unspecified atom stereocenters. The Labute approximate surface area is 163 Å². The van der Waals surface area contributed by atoms with Crippen LogP contribution in [0, 0.1) is 20.8 Å². The third-order valence-electron chi connectivity index (χ3n) is 4.86. The average Bonchev–Trinajstić information content (AvgIpc) is 2.89. The van der Waals surface area contributed by atoms with E-state index in [1.807, 2.05) is 32.9 Å². The van der Waals surface area contributed by atoms with Gasteiger partial charge in [-0.25, -0.2) is 4.79 Å². The van der Waals surface area contributed by atoms with Gasteiger partial charge in [0, 0.05) is 5.56 Å². The number of fused-ring (bicyclic) bond motifs is 1. The molecule has 1 heterocycles. The molecule has 0 aliphatic carbocycles. The van der Waals surface area contributed by atoms with Gasteiger partial charge in [0.2, 0.25) is 5.78 Å². The van der Waals surface area contributed by atoms with Gasteiger partial charge in [-0.3, -0.25) is 19.3 Å². The van der Waals surface area contributed by atoms with Gasteiger partial charge in [-0.1, -0.05) is 29.8 Å². The summed E-state index contributed by atoms with van der Waals surface area (Å²) in [6.07, 6.45) is 0. The summed E-state index contributed by atoms with van der Waals surface area (Å²) in [5.41, 5.74) is 3.71. The van der Waals surface area contributed by atoms with Crippen LogP contribution in [0.1, 0.15) is 54.7 Å². The van der Waals surface area contributed by atoms with Crippen LogP contribution in [0.2, 0.25) is 0 Å². The fraction of sp³-hybridized carbons (Fsp3) is 0.273. The van der Waals surface area contributed by atoms with Gasteiger partial charge in [-0.05, 0) is 51.0 Å². The molecular weight excluding hydrogens is 358 g/mol. The standard InChI is InChI=1S/C22H21NO5/c1-12-9-13(2)19(14(3)10-12)18(24)11-28-22(27)15(4)23-20(25)16-7-5-6-8-17(16)21(23)26/h5-10,15H,11H2,1-4H3. The van der Waals surface area contributed by atoms with Crippen molar-refractivity contribution in [3.63, 3.8) is 0 Å². The molecule has 1 aliphatic heterocycles. The predicted octanol–water partition coefficient (Wildman–Crippen LogP) is 3.02. The Hall–Kier alpha value is -3.28. The molecule has 1 atom stereocenters. The van der Waals surface area contributed by atoms with E-state index in [1.165, 1.54) is 6.92 Å². The minimum atomic E-state index is -1.12. The van der Waals surface area contributed by atoms with E-state index < -0.39 is 30.4 Å². The lowest BCUT2D eigenvalue weighted by atomic mass is 9.97. The van der Waals surface area contributed by atoms with Gasteiger partial charge >= 0.3 is 5.97 Å². The number of aryl methyl sites for hydroxylation is 3. The van der Waals surface area contributed by atoms with Crippen LogP contribution in [0.25, 0.3) is 0 Å². The first-order valence-corrected chi connectivity index (χ1v) is 8.97. The zero-order valence-electron chi connectivity index (χ0n) is 16.2. The first-order chi connectivity index (χ1) is 13.2. The van der Waals surface area contributed by atoms with Crippen molar-refractivity contribution < 1.29 is 23.9 Å². The largest absolute Gasteiger partial charge is 0.456 e. The van der Waals surface area contributed by atoms with E-state index in [-0.39, 0.29) is 16.9 Å². The molecule has 0 spiro atoms. The van der Waals surface area contributed by atoms with Crippen molar-refractivity contribution in [3.05, 3.63) is 69.8 Å². The monoisotopic (exact) mass is 379 g/mol. The summed E-state index contributed by atoms with van der Waals surface area (Å²) in [5, 5.41) is 0. The highest BCUT2D eigenvalue weighted by molar-refractivity contribution is 6.22. The number of Topliss-reactive ketones (excluding diaryl/α,β-unsaturated/α-hetero) is 1. The van der Waals surface area contributed by atoms with E-state index in [4.69, 9.17) is 4.74 Å². The summed E-state index contributed by atoms with van der Waals surface area (Å²) in [4.78, 5) is 50.7. The number of imide groups is 1. The van der Waals surface area contributed by atoms with Crippen molar-refractivity contribution in [1.29, 1.82) is 0 Å². The first-order valence-electron chi connectivity index (χ1n) is 8.97. The zero-order chi connectivity index (χ0) is 20.6. The number of benzene rings is 2. The molecular formula is C22H21NO5. The van der Waals surface area contributed by atoms with Gasteiger partial charge in [0.25, 0.3) is 11.8 Å². The second-order valence-corrected chi connectivity index (χ2v) is 7.01. The van der Waals surface area contributed by atoms with Gasteiger partial charge in [0.15, 0.2) is 6.61 Å². The highest BCUT2D eigenvalue weighted by atomic mass is 16.5. The van der Waals surface area contributed by atoms with E-state index in [9.17, 15) is 19.2 Å². The topological polar surface area (TPSA) is 80.8 Å². The fourth-order valence-corrected chi connectivity index (χ4v) is 3.61. The Morgan fingerprint density at radius 1 is 0.964 bits per heavy atom. The maximum absolute atomic E-state index is 12.5. The SMILES string of the molecule is Cc1cc(C)c(C(=O)COC(=O)C(C)N2C(=O)c3ccccc3C2=O)c(C)c1. The minimum Gasteiger partial charge on any atom is -0.456 e. The second-order valence-electron chi connectivity index (χ2n) is 7.01. The molecule has 3 rings (SSSR count). The zero-order valence-corrected chi connectivity index (χ0v) is 16.2. The minimum absolute atomic E-state index is 0.258. The van der Waals surface area contributed by atoms with Crippen molar-refractivity contribution in [2.75, 3.05) is 6.61 Å². The Balaban J connectivity index is 1.70. The Morgan fingerprint density at radius 3 is 1.96 bits per heavy atom. The number of nitrogens with zero attached hydrogens (tertiary/aromatic N) is 1. The van der Waals surface area contributed by atoms with Gasteiger partial charge in [0.1, 0.15) is 6.04 Å². The number of ether oxygens (including phenoxy) is 1. The normalized spacial score (nSPS) is 14.1. The molecule has 0 bridgehead atoms. The molecule has 0 N–H and O–H groups in total. The molecule has 2 aromatic carbocycles. The number of carbonyl (C=O) groups is 4. The maximum atomic E-state index is 12.5. The van der Waals surface area contributed by atoms with Crippen LogP contribution in [0.3, 0.4) is 0 Å². The summed E-state index contributed by atoms with van der Waals surface area (Å²) < 4.78 is 5.13. The average molecular weight is 379 g/mol. The molecule has 2 amide bonds. The van der Waals surface area contributed by atoms with Crippen LogP contribution >= 0.6 is 0 Å². The van der Waals surface area contributed by atoms with Crippen LogP contribution in [0.15, 0.2) is 36.4 Å². The molecule has 0 fully saturated rings. The van der Waals surface area contributed by atoms with Gasteiger partial charge in [0.05, 0.1) is 11.1 Å². The molecule has 6 nitrogen and oxygen atoms in total. The molecule has 0 aromatic heterocycles. The smallest absolute Gasteiger partial charge is 0.329 e. The molecule has 144 valence electrons. The van der Waals surface area contributed by atoms with Crippen molar-refractivity contribution in [2.24, 2.45) is 0 Å². The second kappa shape index (κ2) is 7.38. The Bertz CT molecular complexity index is 950. The number of amides is 2. The summed E-state index contributed by atoms with van der Waals surface area (Å²) in [5.74, 6) is -2.20. The highest BCUT2D eigenvalue weighted by Crippen LogP contribution is 2.25. The van der Waals surface area contributed by atoms with Crippen LogP contribution in [0.5, 0.6) is 0 Å². The number of ketones is 1. The van der Waals surface area contributed by atoms with Crippen molar-refractivity contribution >= 4 is 23.6 Å². The third-order valence-corrected chi connectivity index (χ3v) is 4.86. The first kappa shape index (κ1) is 19.5. The van der Waals surface area contributed by atoms with Crippen LogP contribution in [-0.2, 0) is 9.53 Å². The van der Waals surface area contributed by atoms with Gasteiger partial charge < -0.3 is 4.74 Å². The summed E-state index contributed by atoms with van der Waals surface area (Å²) in [6.45, 7) is 6.57. The fourth-order valence-electron chi connectivity index (χ4n) is 3.61. The lowest BCUT2D eigenvalue weighted by Crippen LogP contribution is -2.44. The molecule has 2 aromatic rings. The van der Waals surface area contributed by atoms with Crippen LogP contribution in [0.4, 0.5) is 0 Å².